The van der Waals surface area contributed by atoms with Crippen LogP contribution in [0.15, 0.2) is 72.3 Å². The van der Waals surface area contributed by atoms with Gasteiger partial charge in [-0.25, -0.2) is 4.98 Å². The highest BCUT2D eigenvalue weighted by molar-refractivity contribution is 6.04. The number of pyridine rings is 1. The van der Waals surface area contributed by atoms with Crippen molar-refractivity contribution in [3.63, 3.8) is 0 Å². The van der Waals surface area contributed by atoms with E-state index in [1.807, 2.05) is 30.5 Å². The Morgan fingerprint density at radius 3 is 2.76 bits per heavy atom. The molecule has 0 radical (unpaired) electrons. The highest BCUT2D eigenvalue weighted by Crippen LogP contribution is 2.35. The van der Waals surface area contributed by atoms with Gasteiger partial charge in [-0.2, -0.15) is 0 Å². The Balaban J connectivity index is 1.61. The average Bonchev–Trinajstić information content (AvgIpc) is 3.40. The molecule has 1 aliphatic heterocycles. The molecule has 1 aliphatic carbocycles. The van der Waals surface area contributed by atoms with Crippen molar-refractivity contribution in [1.82, 2.24) is 15.0 Å². The van der Waals surface area contributed by atoms with Crippen LogP contribution in [0.25, 0.3) is 22.5 Å². The summed E-state index contributed by atoms with van der Waals surface area (Å²) in [4.78, 5) is 19.7. The first-order valence-electron chi connectivity index (χ1n) is 9.67. The lowest BCUT2D eigenvalue weighted by Gasteiger charge is -2.16. The first kappa shape index (κ1) is 17.4. The van der Waals surface area contributed by atoms with Crippen molar-refractivity contribution in [2.45, 2.75) is 12.8 Å². The summed E-state index contributed by atoms with van der Waals surface area (Å²) >= 11 is 0. The number of anilines is 1. The first-order chi connectivity index (χ1) is 14.3. The van der Waals surface area contributed by atoms with Gasteiger partial charge < -0.3 is 14.7 Å². The number of nitrogens with zero attached hydrogens (tertiary/aromatic N) is 4. The van der Waals surface area contributed by atoms with Gasteiger partial charge in [-0.1, -0.05) is 29.4 Å². The maximum absolute atomic E-state index is 4.99. The Bertz CT molecular complexity index is 1130. The number of hydrogen-bond acceptors (Lipinski definition) is 5. The fraction of sp³-hybridized carbons (Fsp3) is 0.174. The summed E-state index contributed by atoms with van der Waals surface area (Å²) in [5, 5.41) is 4.17. The molecule has 0 fully saturated rings. The van der Waals surface area contributed by atoms with E-state index in [-0.39, 0.29) is 0 Å². The molecule has 144 valence electrons. The lowest BCUT2D eigenvalue weighted by molar-refractivity contribution is 0.213. The van der Waals surface area contributed by atoms with Crippen LogP contribution < -0.4 is 4.90 Å². The zero-order valence-electron chi connectivity index (χ0n) is 16.2. The molecule has 1 aromatic carbocycles. The molecule has 6 nitrogen and oxygen atoms in total. The van der Waals surface area contributed by atoms with Crippen molar-refractivity contribution >= 4 is 11.7 Å². The van der Waals surface area contributed by atoms with Gasteiger partial charge in [0.15, 0.2) is 0 Å². The summed E-state index contributed by atoms with van der Waals surface area (Å²) in [5.41, 5.74) is 7.55. The predicted molar refractivity (Wildman–Crippen MR) is 115 cm³/mol. The molecule has 0 spiro atoms. The van der Waals surface area contributed by atoms with Gasteiger partial charge in [-0.3, -0.25) is 4.98 Å². The average molecular weight is 383 g/mol. The molecule has 1 N–H and O–H groups in total. The van der Waals surface area contributed by atoms with Crippen LogP contribution in [0.4, 0.5) is 5.95 Å². The molecule has 2 aliphatic rings. The van der Waals surface area contributed by atoms with Crippen LogP contribution in [-0.4, -0.2) is 34.3 Å². The van der Waals surface area contributed by atoms with Gasteiger partial charge in [0.1, 0.15) is 7.11 Å². The fourth-order valence-electron chi connectivity index (χ4n) is 3.88. The normalized spacial score (nSPS) is 16.4. The molecule has 29 heavy (non-hydrogen) atoms. The monoisotopic (exact) mass is 383 g/mol. The minimum Gasteiger partial charge on any atom is -0.399 e. The van der Waals surface area contributed by atoms with Gasteiger partial charge in [0, 0.05) is 41.8 Å². The maximum atomic E-state index is 4.99. The third-order valence-electron chi connectivity index (χ3n) is 5.27. The van der Waals surface area contributed by atoms with Gasteiger partial charge in [0.05, 0.1) is 17.1 Å². The highest BCUT2D eigenvalue weighted by atomic mass is 16.6. The fourth-order valence-corrected chi connectivity index (χ4v) is 3.88. The molecule has 0 amide bonds. The molecule has 3 heterocycles. The minimum atomic E-state index is 0.792. The Morgan fingerprint density at radius 2 is 1.97 bits per heavy atom. The zero-order valence-corrected chi connectivity index (χ0v) is 16.2. The lowest BCUT2D eigenvalue weighted by Crippen LogP contribution is -2.18. The lowest BCUT2D eigenvalue weighted by atomic mass is 10.0. The minimum absolute atomic E-state index is 0.792. The second-order valence-corrected chi connectivity index (χ2v) is 7.03. The van der Waals surface area contributed by atoms with E-state index in [9.17, 15) is 0 Å². The number of hydrogen-bond donors (Lipinski definition) is 1. The van der Waals surface area contributed by atoms with Crippen LogP contribution >= 0.6 is 0 Å². The van der Waals surface area contributed by atoms with Crippen LogP contribution in [0.2, 0.25) is 0 Å². The van der Waals surface area contributed by atoms with E-state index in [2.05, 4.69) is 44.3 Å². The number of aromatic amines is 1. The molecule has 0 bridgehead atoms. The predicted octanol–water partition coefficient (Wildman–Crippen LogP) is 4.33. The van der Waals surface area contributed by atoms with Crippen LogP contribution in [-0.2, 0) is 11.3 Å². The van der Waals surface area contributed by atoms with Crippen molar-refractivity contribution in [3.8, 4) is 22.5 Å². The number of aryl methyl sites for hydroxylation is 1. The maximum Gasteiger partial charge on any atom is 0.208 e. The largest absolute Gasteiger partial charge is 0.399 e. The molecular formula is C23H21N5O. The van der Waals surface area contributed by atoms with Crippen LogP contribution in [0.3, 0.4) is 0 Å². The summed E-state index contributed by atoms with van der Waals surface area (Å²) in [6, 6.07) is 10.5. The third-order valence-corrected chi connectivity index (χ3v) is 5.27. The Labute approximate surface area is 169 Å². The van der Waals surface area contributed by atoms with Crippen LogP contribution in [0.5, 0.6) is 0 Å². The topological polar surface area (TPSA) is 66.4 Å². The van der Waals surface area contributed by atoms with Crippen molar-refractivity contribution in [3.05, 3.63) is 78.3 Å². The highest BCUT2D eigenvalue weighted by Gasteiger charge is 2.22. The number of H-pyrrole nitrogens is 1. The molecule has 6 heteroatoms. The van der Waals surface area contributed by atoms with E-state index in [1.165, 1.54) is 11.1 Å². The number of benzene rings is 1. The summed E-state index contributed by atoms with van der Waals surface area (Å²) in [5.74, 6) is 0.828. The molecule has 0 saturated carbocycles. The molecular weight excluding hydrogens is 362 g/mol. The number of rotatable bonds is 4. The van der Waals surface area contributed by atoms with Gasteiger partial charge in [0.25, 0.3) is 0 Å². The number of allylic oxidation sites excluding steroid dienone is 2. The van der Waals surface area contributed by atoms with E-state index < -0.39 is 0 Å². The summed E-state index contributed by atoms with van der Waals surface area (Å²) in [6.45, 7) is 0.792. The van der Waals surface area contributed by atoms with Crippen molar-refractivity contribution in [2.24, 2.45) is 5.16 Å². The zero-order chi connectivity index (χ0) is 19.6. The van der Waals surface area contributed by atoms with Crippen LogP contribution in [0.1, 0.15) is 17.5 Å². The Hall–Kier alpha value is -3.67. The summed E-state index contributed by atoms with van der Waals surface area (Å²) < 4.78 is 0. The first-order valence-corrected chi connectivity index (χ1v) is 9.67. The SMILES string of the molecule is CON=C1CCc2cc(-c3nc(N4C=CC=CC4)[nH]c3-c3ccncc3)ccc21. The molecule has 0 saturated heterocycles. The van der Waals surface area contributed by atoms with Crippen molar-refractivity contribution in [2.75, 3.05) is 18.6 Å². The molecule has 3 aromatic rings. The number of oxime groups is 1. The smallest absolute Gasteiger partial charge is 0.208 e. The molecule has 5 rings (SSSR count). The Kier molecular flexibility index (Phi) is 4.44. The van der Waals surface area contributed by atoms with Gasteiger partial charge in [-0.15, -0.1) is 0 Å². The summed E-state index contributed by atoms with van der Waals surface area (Å²) in [6.07, 6.45) is 13.7. The van der Waals surface area contributed by atoms with Gasteiger partial charge in [-0.05, 0) is 42.7 Å². The molecule has 2 aromatic heterocycles. The second kappa shape index (κ2) is 7.39. The molecule has 0 atom stereocenters. The number of nitrogens with one attached hydrogen (secondary N) is 1. The second-order valence-electron chi connectivity index (χ2n) is 7.03. The quantitative estimate of drug-likeness (QED) is 0.681. The van der Waals surface area contributed by atoms with Gasteiger partial charge >= 0.3 is 0 Å². The van der Waals surface area contributed by atoms with E-state index in [0.29, 0.717) is 0 Å². The number of fused-ring (bicyclic) bond motifs is 1. The standard InChI is InChI=1S/C23H21N5O/c1-29-27-20-8-6-17-15-18(5-7-19(17)20)22-21(16-9-11-24-12-10-16)25-23(26-22)28-13-3-2-4-14-28/h2-5,7,9-13,15H,6,8,14H2,1H3,(H,25,26). The number of aromatic nitrogens is 3. The van der Waals surface area contributed by atoms with Crippen molar-refractivity contribution in [1.29, 1.82) is 0 Å². The van der Waals surface area contributed by atoms with Crippen LogP contribution in [0, 0.1) is 0 Å². The third kappa shape index (κ3) is 3.23. The van der Waals surface area contributed by atoms with E-state index in [4.69, 9.17) is 9.82 Å². The Morgan fingerprint density at radius 1 is 1.07 bits per heavy atom. The summed E-state index contributed by atoms with van der Waals surface area (Å²) in [7, 11) is 1.59. The molecule has 0 unspecified atom stereocenters. The van der Waals surface area contributed by atoms with Gasteiger partial charge in [0.2, 0.25) is 5.95 Å². The van der Waals surface area contributed by atoms with E-state index >= 15 is 0 Å². The number of imidazole rings is 1. The van der Waals surface area contributed by atoms with E-state index in [0.717, 1.165) is 53.6 Å². The van der Waals surface area contributed by atoms with Crippen molar-refractivity contribution < 1.29 is 4.84 Å². The van der Waals surface area contributed by atoms with E-state index in [1.54, 1.807) is 19.5 Å².